The van der Waals surface area contributed by atoms with Crippen molar-refractivity contribution < 1.29 is 18.8 Å². The minimum absolute atomic E-state index is 0.0585. The molecule has 39 heavy (non-hydrogen) atoms. The van der Waals surface area contributed by atoms with E-state index in [0.717, 1.165) is 46.2 Å². The molecule has 6 rings (SSSR count). The van der Waals surface area contributed by atoms with Gasteiger partial charge in [0.2, 0.25) is 12.3 Å². The Morgan fingerprint density at radius 3 is 2.74 bits per heavy atom. The predicted molar refractivity (Wildman–Crippen MR) is 146 cm³/mol. The zero-order chi connectivity index (χ0) is 27.1. The number of fused-ring (bicyclic) bond motifs is 2. The van der Waals surface area contributed by atoms with Crippen LogP contribution in [0.2, 0.25) is 0 Å². The van der Waals surface area contributed by atoms with Crippen LogP contribution in [0.15, 0.2) is 71.4 Å². The summed E-state index contributed by atoms with van der Waals surface area (Å²) >= 11 is 0. The van der Waals surface area contributed by atoms with Crippen LogP contribution in [-0.4, -0.2) is 75.9 Å². The molecule has 0 saturated carbocycles. The van der Waals surface area contributed by atoms with Crippen LogP contribution in [0.3, 0.4) is 0 Å². The maximum absolute atomic E-state index is 13.9. The van der Waals surface area contributed by atoms with E-state index in [1.54, 1.807) is 31.3 Å². The molecule has 0 spiro atoms. The third kappa shape index (κ3) is 4.50. The third-order valence-electron chi connectivity index (χ3n) is 7.54. The van der Waals surface area contributed by atoms with Crippen molar-refractivity contribution in [2.45, 2.75) is 25.4 Å². The highest BCUT2D eigenvalue weighted by Gasteiger charge is 2.35. The van der Waals surface area contributed by atoms with Crippen molar-refractivity contribution in [2.75, 3.05) is 27.2 Å². The van der Waals surface area contributed by atoms with Crippen LogP contribution in [0.4, 0.5) is 0 Å². The number of hydrogen-bond acceptors (Lipinski definition) is 5. The Morgan fingerprint density at radius 2 is 1.97 bits per heavy atom. The Bertz CT molecular complexity index is 1600. The van der Waals surface area contributed by atoms with Gasteiger partial charge in [-0.05, 0) is 59.0 Å². The van der Waals surface area contributed by atoms with E-state index in [0.29, 0.717) is 37.4 Å². The van der Waals surface area contributed by atoms with Crippen LogP contribution in [0.1, 0.15) is 33.7 Å². The van der Waals surface area contributed by atoms with Crippen LogP contribution in [-0.2, 0) is 22.6 Å². The SMILES string of the molecule is CN(C)C(=O)c1cc2cc(C3=CCCN(C(=O)C4Cc5c(cccc5-n5cccn5)CN4C=O)C3)ccc2o1. The fourth-order valence-corrected chi connectivity index (χ4v) is 5.51. The van der Waals surface area contributed by atoms with Crippen LogP contribution >= 0.6 is 0 Å². The smallest absolute Gasteiger partial charge is 0.289 e. The van der Waals surface area contributed by atoms with Crippen molar-refractivity contribution in [1.29, 1.82) is 0 Å². The predicted octanol–water partition coefficient (Wildman–Crippen LogP) is 3.52. The molecule has 0 fully saturated rings. The largest absolute Gasteiger partial charge is 0.451 e. The average molecular weight is 524 g/mol. The van der Waals surface area contributed by atoms with Crippen molar-refractivity contribution >= 4 is 34.8 Å². The van der Waals surface area contributed by atoms with Gasteiger partial charge >= 0.3 is 0 Å². The van der Waals surface area contributed by atoms with Gasteiger partial charge < -0.3 is 19.1 Å². The van der Waals surface area contributed by atoms with Gasteiger partial charge in [0.05, 0.1) is 5.69 Å². The summed E-state index contributed by atoms with van der Waals surface area (Å²) in [6, 6.07) is 14.8. The number of benzene rings is 2. The van der Waals surface area contributed by atoms with Gasteiger partial charge in [-0.25, -0.2) is 4.68 Å². The van der Waals surface area contributed by atoms with Gasteiger partial charge in [-0.1, -0.05) is 24.3 Å². The van der Waals surface area contributed by atoms with E-state index >= 15 is 0 Å². The second kappa shape index (κ2) is 9.90. The number of hydrogen-bond donors (Lipinski definition) is 0. The van der Waals surface area contributed by atoms with Crippen molar-refractivity contribution in [3.8, 4) is 5.69 Å². The summed E-state index contributed by atoms with van der Waals surface area (Å²) in [6.07, 6.45) is 7.70. The van der Waals surface area contributed by atoms with Gasteiger partial charge in [0, 0.05) is 57.9 Å². The van der Waals surface area contributed by atoms with E-state index in [9.17, 15) is 14.4 Å². The van der Waals surface area contributed by atoms with Crippen molar-refractivity contribution in [2.24, 2.45) is 0 Å². The molecule has 4 heterocycles. The monoisotopic (exact) mass is 523 g/mol. The lowest BCUT2D eigenvalue weighted by atomic mass is 9.91. The first-order valence-electron chi connectivity index (χ1n) is 13.0. The van der Waals surface area contributed by atoms with Gasteiger partial charge in [0.25, 0.3) is 5.91 Å². The summed E-state index contributed by atoms with van der Waals surface area (Å²) in [7, 11) is 3.38. The summed E-state index contributed by atoms with van der Waals surface area (Å²) in [5.74, 6) is 0.0466. The fraction of sp³-hybridized carbons (Fsp3) is 0.267. The molecule has 2 aliphatic heterocycles. The highest BCUT2D eigenvalue weighted by Crippen LogP contribution is 2.31. The van der Waals surface area contributed by atoms with E-state index in [1.165, 1.54) is 4.90 Å². The second-order valence-corrected chi connectivity index (χ2v) is 10.2. The normalized spacial score (nSPS) is 17.1. The molecule has 0 radical (unpaired) electrons. The molecule has 4 aromatic rings. The Morgan fingerprint density at radius 1 is 1.10 bits per heavy atom. The molecule has 3 amide bonds. The van der Waals surface area contributed by atoms with Crippen LogP contribution in [0, 0.1) is 0 Å². The minimum Gasteiger partial charge on any atom is -0.451 e. The molecule has 198 valence electrons. The summed E-state index contributed by atoms with van der Waals surface area (Å²) < 4.78 is 7.55. The highest BCUT2D eigenvalue weighted by atomic mass is 16.3. The molecule has 0 saturated heterocycles. The van der Waals surface area contributed by atoms with Gasteiger partial charge in [-0.3, -0.25) is 14.4 Å². The molecule has 9 heteroatoms. The standard InChI is InChI=1S/C30H29N5O4/c1-32(2)30(38)28-15-23-14-20(9-10-27(23)39-28)21-7-4-12-33(17-21)29(37)26-16-24-22(18-34(26)19-36)6-3-8-25(24)35-13-5-11-31-35/h3,5-11,13-15,19,26H,4,12,16-18H2,1-2H3. The zero-order valence-corrected chi connectivity index (χ0v) is 21.9. The van der Waals surface area contributed by atoms with E-state index in [-0.39, 0.29) is 11.8 Å². The van der Waals surface area contributed by atoms with Crippen LogP contribution in [0.5, 0.6) is 0 Å². The summed E-state index contributed by atoms with van der Waals surface area (Å²) in [5.41, 5.74) is 5.65. The van der Waals surface area contributed by atoms with E-state index in [2.05, 4.69) is 11.2 Å². The Kier molecular flexibility index (Phi) is 6.26. The maximum atomic E-state index is 13.9. The lowest BCUT2D eigenvalue weighted by Crippen LogP contribution is -2.52. The van der Waals surface area contributed by atoms with Crippen LogP contribution < -0.4 is 0 Å². The number of nitrogens with zero attached hydrogens (tertiary/aromatic N) is 5. The number of amides is 3. The molecule has 2 aromatic carbocycles. The Labute approximate surface area is 225 Å². The quantitative estimate of drug-likeness (QED) is 0.374. The molecule has 1 atom stereocenters. The third-order valence-corrected chi connectivity index (χ3v) is 7.54. The summed E-state index contributed by atoms with van der Waals surface area (Å²) in [5, 5.41) is 5.22. The Hall–Kier alpha value is -4.66. The topological polar surface area (TPSA) is 91.9 Å². The van der Waals surface area contributed by atoms with Gasteiger partial charge in [0.15, 0.2) is 5.76 Å². The molecule has 2 aromatic heterocycles. The number of carbonyl (C=O) groups excluding carboxylic acids is 3. The average Bonchev–Trinajstić information content (AvgIpc) is 3.65. The lowest BCUT2D eigenvalue weighted by molar-refractivity contribution is -0.141. The summed E-state index contributed by atoms with van der Waals surface area (Å²) in [6.45, 7) is 1.42. The number of carbonyl (C=O) groups is 3. The molecular weight excluding hydrogens is 494 g/mol. The first-order valence-corrected chi connectivity index (χ1v) is 13.0. The molecular formula is C30H29N5O4. The molecule has 2 aliphatic rings. The molecule has 0 N–H and O–H groups in total. The highest BCUT2D eigenvalue weighted by molar-refractivity contribution is 5.96. The number of aromatic nitrogens is 2. The molecule has 0 aliphatic carbocycles. The molecule has 0 bridgehead atoms. The first kappa shape index (κ1) is 24.7. The van der Waals surface area contributed by atoms with Crippen molar-refractivity contribution in [3.05, 3.63) is 89.5 Å². The van der Waals surface area contributed by atoms with E-state index in [4.69, 9.17) is 4.42 Å². The van der Waals surface area contributed by atoms with Crippen molar-refractivity contribution in [1.82, 2.24) is 24.5 Å². The van der Waals surface area contributed by atoms with Gasteiger partial charge in [-0.15, -0.1) is 0 Å². The van der Waals surface area contributed by atoms with E-state index < -0.39 is 6.04 Å². The minimum atomic E-state index is -0.581. The number of furan rings is 1. The van der Waals surface area contributed by atoms with E-state index in [1.807, 2.05) is 58.2 Å². The number of rotatable bonds is 5. The zero-order valence-electron chi connectivity index (χ0n) is 21.9. The van der Waals surface area contributed by atoms with Gasteiger partial charge in [-0.2, -0.15) is 5.10 Å². The first-order chi connectivity index (χ1) is 18.9. The molecule has 9 nitrogen and oxygen atoms in total. The maximum Gasteiger partial charge on any atom is 0.289 e. The van der Waals surface area contributed by atoms with Crippen LogP contribution in [0.25, 0.3) is 22.2 Å². The molecule has 1 unspecified atom stereocenters. The van der Waals surface area contributed by atoms with Gasteiger partial charge in [0.1, 0.15) is 11.6 Å². The lowest BCUT2D eigenvalue weighted by Gasteiger charge is -2.38. The second-order valence-electron chi connectivity index (χ2n) is 10.2. The Balaban J connectivity index is 1.24. The van der Waals surface area contributed by atoms with Crippen molar-refractivity contribution in [3.63, 3.8) is 0 Å². The fourth-order valence-electron chi connectivity index (χ4n) is 5.51. The summed E-state index contributed by atoms with van der Waals surface area (Å²) in [4.78, 5) is 43.2.